The van der Waals surface area contributed by atoms with Gasteiger partial charge in [0.15, 0.2) is 23.8 Å². The van der Waals surface area contributed by atoms with Crippen LogP contribution in [0.5, 0.6) is 0 Å². The standard InChI is InChI=1S/C16H19N5O9/c17-12-6-13(19-2-18-12)21(3-20-6)14-8(23)9-4(28-14)1-5-16(27,30-9)11(24)7(22)10(29-5)15(25)26/h2-5,7-11,14,22-24,27H,1H2,(H,25,26)(H2,17,18,19)/t4-,5-,7-,8-,9-,10+,11+,14-,16-/m1/s1. The van der Waals surface area contributed by atoms with E-state index in [1.165, 1.54) is 17.2 Å². The minimum atomic E-state index is -2.44. The Balaban J connectivity index is 1.46. The molecule has 162 valence electrons. The number of carbonyl (C=O) groups is 1. The monoisotopic (exact) mass is 425 g/mol. The van der Waals surface area contributed by atoms with Crippen molar-refractivity contribution in [2.24, 2.45) is 0 Å². The molecule has 0 radical (unpaired) electrons. The van der Waals surface area contributed by atoms with Crippen LogP contribution >= 0.6 is 0 Å². The summed E-state index contributed by atoms with van der Waals surface area (Å²) in [6.45, 7) is 0. The third kappa shape index (κ3) is 2.56. The van der Waals surface area contributed by atoms with Gasteiger partial charge in [-0.25, -0.2) is 19.7 Å². The molecule has 0 amide bonds. The number of nitrogen functional groups attached to an aromatic ring is 1. The average molecular weight is 425 g/mol. The van der Waals surface area contributed by atoms with Gasteiger partial charge >= 0.3 is 5.97 Å². The highest BCUT2D eigenvalue weighted by Crippen LogP contribution is 2.46. The first-order chi connectivity index (χ1) is 14.2. The molecular formula is C16H19N5O9. The number of fused-ring (bicyclic) bond motifs is 3. The lowest BCUT2D eigenvalue weighted by Crippen LogP contribution is -2.72. The largest absolute Gasteiger partial charge is 0.479 e. The Morgan fingerprint density at radius 1 is 1.20 bits per heavy atom. The minimum absolute atomic E-state index is 0.105. The first-order valence-corrected chi connectivity index (χ1v) is 9.13. The van der Waals surface area contributed by atoms with Crippen molar-refractivity contribution in [2.45, 2.75) is 61.2 Å². The first-order valence-electron chi connectivity index (χ1n) is 9.13. The van der Waals surface area contributed by atoms with E-state index < -0.39 is 60.7 Å². The van der Waals surface area contributed by atoms with Crippen LogP contribution in [-0.2, 0) is 19.0 Å². The van der Waals surface area contributed by atoms with Gasteiger partial charge in [0.1, 0.15) is 42.4 Å². The number of aliphatic hydroxyl groups is 4. The molecule has 14 heteroatoms. The van der Waals surface area contributed by atoms with Crippen LogP contribution < -0.4 is 5.73 Å². The summed E-state index contributed by atoms with van der Waals surface area (Å²) in [5.74, 6) is -3.79. The summed E-state index contributed by atoms with van der Waals surface area (Å²) in [5.41, 5.74) is 6.39. The van der Waals surface area contributed by atoms with Gasteiger partial charge in [-0.15, -0.1) is 0 Å². The molecule has 3 aliphatic heterocycles. The van der Waals surface area contributed by atoms with Gasteiger partial charge in [0.2, 0.25) is 5.79 Å². The van der Waals surface area contributed by atoms with Crippen LogP contribution in [0.15, 0.2) is 12.7 Å². The molecule has 0 spiro atoms. The van der Waals surface area contributed by atoms with E-state index in [-0.39, 0.29) is 12.2 Å². The maximum Gasteiger partial charge on any atom is 0.335 e. The zero-order valence-electron chi connectivity index (χ0n) is 15.2. The SMILES string of the molecule is Nc1ncnc2c1ncn2[C@@H]1O[C@@H]2C[C@H]3O[C@H](C(=O)O)[C@@H](O)[C@H](O)[C@]3(O)O[C@H]2[C@H]1O. The van der Waals surface area contributed by atoms with Crippen molar-refractivity contribution in [1.82, 2.24) is 19.5 Å². The normalized spacial score (nSPS) is 43.3. The van der Waals surface area contributed by atoms with Crippen molar-refractivity contribution in [3.63, 3.8) is 0 Å². The highest BCUT2D eigenvalue weighted by atomic mass is 16.7. The molecule has 2 aromatic rings. The summed E-state index contributed by atoms with van der Waals surface area (Å²) in [5, 5.41) is 51.2. The van der Waals surface area contributed by atoms with E-state index in [4.69, 9.17) is 19.9 Å². The van der Waals surface area contributed by atoms with E-state index in [1.54, 1.807) is 0 Å². The fourth-order valence-corrected chi connectivity index (χ4v) is 4.30. The van der Waals surface area contributed by atoms with Gasteiger partial charge in [0.25, 0.3) is 0 Å². The zero-order valence-corrected chi connectivity index (χ0v) is 15.2. The molecule has 0 aliphatic carbocycles. The second kappa shape index (κ2) is 6.52. The number of imidazole rings is 1. The molecule has 3 saturated heterocycles. The Morgan fingerprint density at radius 2 is 1.97 bits per heavy atom. The third-order valence-electron chi connectivity index (χ3n) is 5.81. The lowest BCUT2D eigenvalue weighted by atomic mass is 9.84. The zero-order chi connectivity index (χ0) is 21.4. The number of nitrogens with zero attached hydrogens (tertiary/aromatic N) is 4. The molecule has 3 aliphatic rings. The molecule has 7 N–H and O–H groups in total. The van der Waals surface area contributed by atoms with E-state index in [0.29, 0.717) is 11.2 Å². The van der Waals surface area contributed by atoms with Crippen LogP contribution in [0.25, 0.3) is 11.2 Å². The number of nitrogens with two attached hydrogens (primary N) is 1. The number of aliphatic carboxylic acids is 1. The van der Waals surface area contributed by atoms with Crippen molar-refractivity contribution >= 4 is 23.0 Å². The Morgan fingerprint density at radius 3 is 2.70 bits per heavy atom. The van der Waals surface area contributed by atoms with Crippen molar-refractivity contribution in [3.05, 3.63) is 12.7 Å². The minimum Gasteiger partial charge on any atom is -0.479 e. The number of rotatable bonds is 2. The van der Waals surface area contributed by atoms with Crippen LogP contribution in [-0.4, -0.2) is 99.5 Å². The molecule has 5 heterocycles. The van der Waals surface area contributed by atoms with Crippen LogP contribution in [0, 0.1) is 0 Å². The van der Waals surface area contributed by atoms with Gasteiger partial charge in [-0.05, 0) is 0 Å². The fourth-order valence-electron chi connectivity index (χ4n) is 4.30. The van der Waals surface area contributed by atoms with Crippen molar-refractivity contribution in [1.29, 1.82) is 0 Å². The Hall–Kier alpha value is -2.46. The Kier molecular flexibility index (Phi) is 4.24. The fraction of sp³-hybridized carbons (Fsp3) is 0.625. The molecular weight excluding hydrogens is 406 g/mol. The summed E-state index contributed by atoms with van der Waals surface area (Å²) in [7, 11) is 0. The summed E-state index contributed by atoms with van der Waals surface area (Å²) in [4.78, 5) is 23.4. The molecule has 0 aromatic carbocycles. The number of aromatic nitrogens is 4. The number of hydrogen-bond donors (Lipinski definition) is 6. The molecule has 2 aromatic heterocycles. The lowest BCUT2D eigenvalue weighted by Gasteiger charge is -2.51. The molecule has 0 saturated carbocycles. The first kappa shape index (κ1) is 19.5. The van der Waals surface area contributed by atoms with E-state index in [1.807, 2.05) is 0 Å². The highest BCUT2D eigenvalue weighted by Gasteiger charge is 2.65. The number of hydrogen-bond acceptors (Lipinski definition) is 12. The van der Waals surface area contributed by atoms with Gasteiger partial charge in [0.05, 0.1) is 12.4 Å². The summed E-state index contributed by atoms with van der Waals surface area (Å²) in [6, 6.07) is 0. The Labute approximate surface area is 167 Å². The molecule has 3 fully saturated rings. The van der Waals surface area contributed by atoms with Gasteiger partial charge < -0.3 is 45.5 Å². The average Bonchev–Trinajstić information content (AvgIpc) is 3.26. The second-order valence-corrected chi connectivity index (χ2v) is 7.53. The van der Waals surface area contributed by atoms with E-state index in [9.17, 15) is 30.3 Å². The maximum atomic E-state index is 11.3. The number of ether oxygens (including phenoxy) is 3. The predicted molar refractivity (Wildman–Crippen MR) is 92.4 cm³/mol. The van der Waals surface area contributed by atoms with Crippen molar-refractivity contribution in [2.75, 3.05) is 5.73 Å². The number of carboxylic acid groups (broad SMARTS) is 1. The second-order valence-electron chi connectivity index (χ2n) is 7.53. The number of carboxylic acids is 1. The molecule has 14 nitrogen and oxygen atoms in total. The molecule has 0 bridgehead atoms. The van der Waals surface area contributed by atoms with Gasteiger partial charge in [-0.1, -0.05) is 0 Å². The molecule has 9 atom stereocenters. The summed E-state index contributed by atoms with van der Waals surface area (Å²) >= 11 is 0. The third-order valence-corrected chi connectivity index (χ3v) is 5.81. The van der Waals surface area contributed by atoms with Crippen LogP contribution in [0.3, 0.4) is 0 Å². The molecule has 30 heavy (non-hydrogen) atoms. The molecule has 0 unspecified atom stereocenters. The quantitative estimate of drug-likeness (QED) is 0.278. The maximum absolute atomic E-state index is 11.3. The number of aliphatic hydroxyl groups excluding tert-OH is 3. The van der Waals surface area contributed by atoms with E-state index in [2.05, 4.69) is 15.0 Å². The van der Waals surface area contributed by atoms with Gasteiger partial charge in [0, 0.05) is 6.42 Å². The van der Waals surface area contributed by atoms with E-state index in [0.717, 1.165) is 0 Å². The summed E-state index contributed by atoms with van der Waals surface area (Å²) < 4.78 is 18.2. The highest BCUT2D eigenvalue weighted by molar-refractivity contribution is 5.81. The Bertz CT molecular complexity index is 1000. The molecule has 5 rings (SSSR count). The van der Waals surface area contributed by atoms with Crippen LogP contribution in [0.4, 0.5) is 5.82 Å². The van der Waals surface area contributed by atoms with Crippen molar-refractivity contribution in [3.8, 4) is 0 Å². The van der Waals surface area contributed by atoms with E-state index >= 15 is 0 Å². The van der Waals surface area contributed by atoms with Crippen molar-refractivity contribution < 1.29 is 44.5 Å². The lowest BCUT2D eigenvalue weighted by molar-refractivity contribution is -0.396. The van der Waals surface area contributed by atoms with Crippen LogP contribution in [0.2, 0.25) is 0 Å². The number of anilines is 1. The van der Waals surface area contributed by atoms with Gasteiger partial charge in [-0.2, -0.15) is 0 Å². The van der Waals surface area contributed by atoms with Crippen LogP contribution in [0.1, 0.15) is 12.6 Å². The topological polar surface area (TPSA) is 216 Å². The van der Waals surface area contributed by atoms with Gasteiger partial charge in [-0.3, -0.25) is 4.57 Å². The summed E-state index contributed by atoms with van der Waals surface area (Å²) in [6.07, 6.45) is -8.79. The predicted octanol–water partition coefficient (Wildman–Crippen LogP) is -3.28. The smallest absolute Gasteiger partial charge is 0.335 e.